The maximum Gasteiger partial charge on any atom is 0.139 e. The summed E-state index contributed by atoms with van der Waals surface area (Å²) >= 11 is 0. The lowest BCUT2D eigenvalue weighted by molar-refractivity contribution is 0.304. The molecule has 0 spiro atoms. The van der Waals surface area contributed by atoms with Crippen molar-refractivity contribution >= 4 is 0 Å². The number of pyridine rings is 1. The van der Waals surface area contributed by atoms with E-state index in [-0.39, 0.29) is 12.4 Å². The Morgan fingerprint density at radius 3 is 2.90 bits per heavy atom. The number of hydrogen-bond acceptors (Lipinski definition) is 4. The Morgan fingerprint density at radius 2 is 2.10 bits per heavy atom. The van der Waals surface area contributed by atoms with Crippen LogP contribution in [0.1, 0.15) is 17.5 Å². The molecule has 0 aliphatic heterocycles. The summed E-state index contributed by atoms with van der Waals surface area (Å²) in [5, 5.41) is 18.0. The molecule has 0 fully saturated rings. The second-order valence-corrected chi connectivity index (χ2v) is 4.14. The third-order valence-corrected chi connectivity index (χ3v) is 2.50. The summed E-state index contributed by atoms with van der Waals surface area (Å²) in [7, 11) is 0. The molecule has 0 radical (unpaired) electrons. The fourth-order valence-electron chi connectivity index (χ4n) is 1.60. The molecule has 1 heterocycles. The molecule has 0 bridgehead atoms. The van der Waals surface area contributed by atoms with E-state index in [0.717, 1.165) is 11.1 Å². The summed E-state index contributed by atoms with van der Waals surface area (Å²) < 4.78 is 5.60. The number of aromatic hydroxyl groups is 1. The number of aliphatic hydroxyl groups excluding tert-OH is 1. The van der Waals surface area contributed by atoms with Crippen LogP contribution < -0.4 is 4.74 Å². The van der Waals surface area contributed by atoms with Crippen LogP contribution in [0.2, 0.25) is 0 Å². The molecule has 20 heavy (non-hydrogen) atoms. The van der Waals surface area contributed by atoms with Gasteiger partial charge >= 0.3 is 0 Å². The topological polar surface area (TPSA) is 62.6 Å². The average Bonchev–Trinajstić information content (AvgIpc) is 2.46. The van der Waals surface area contributed by atoms with Gasteiger partial charge in [0.2, 0.25) is 0 Å². The van der Waals surface area contributed by atoms with Crippen molar-refractivity contribution < 1.29 is 14.9 Å². The Balaban J connectivity index is 2.00. The van der Waals surface area contributed by atoms with Crippen LogP contribution in [0.3, 0.4) is 0 Å². The first-order chi connectivity index (χ1) is 9.78. The Labute approximate surface area is 117 Å². The van der Waals surface area contributed by atoms with Gasteiger partial charge in [-0.05, 0) is 23.8 Å². The molecule has 1 aromatic heterocycles. The van der Waals surface area contributed by atoms with Crippen LogP contribution in [-0.2, 0) is 6.61 Å². The third kappa shape index (κ3) is 4.30. The number of hydrogen-bond donors (Lipinski definition) is 2. The summed E-state index contributed by atoms with van der Waals surface area (Å²) in [6.45, 7) is 0.401. The van der Waals surface area contributed by atoms with E-state index < -0.39 is 0 Å². The Bertz CT molecular complexity index is 629. The minimum atomic E-state index is 0.0497. The Hall–Kier alpha value is -2.51. The van der Waals surface area contributed by atoms with Crippen molar-refractivity contribution in [1.29, 1.82) is 0 Å². The normalized spacial score (nSPS) is 9.65. The van der Waals surface area contributed by atoms with Crippen molar-refractivity contribution in [2.45, 2.75) is 13.0 Å². The van der Waals surface area contributed by atoms with Gasteiger partial charge in [-0.1, -0.05) is 24.0 Å². The van der Waals surface area contributed by atoms with Gasteiger partial charge in [0, 0.05) is 18.2 Å². The smallest absolute Gasteiger partial charge is 0.139 e. The van der Waals surface area contributed by atoms with Crippen LogP contribution >= 0.6 is 0 Å². The summed E-state index contributed by atoms with van der Waals surface area (Å²) in [5.41, 5.74) is 1.62. The number of ether oxygens (including phenoxy) is 1. The summed E-state index contributed by atoms with van der Waals surface area (Å²) in [6.07, 6.45) is 3.69. The highest BCUT2D eigenvalue weighted by Crippen LogP contribution is 2.15. The van der Waals surface area contributed by atoms with Crippen molar-refractivity contribution in [2.24, 2.45) is 0 Å². The summed E-state index contributed by atoms with van der Waals surface area (Å²) in [4.78, 5) is 4.05. The quantitative estimate of drug-likeness (QED) is 0.834. The highest BCUT2D eigenvalue weighted by molar-refractivity contribution is 5.37. The van der Waals surface area contributed by atoms with E-state index in [9.17, 15) is 5.11 Å². The van der Waals surface area contributed by atoms with E-state index in [1.165, 1.54) is 0 Å². The van der Waals surface area contributed by atoms with Gasteiger partial charge in [0.15, 0.2) is 0 Å². The van der Waals surface area contributed by atoms with E-state index in [1.807, 2.05) is 6.07 Å². The van der Waals surface area contributed by atoms with Gasteiger partial charge in [-0.3, -0.25) is 4.98 Å². The number of benzene rings is 1. The van der Waals surface area contributed by atoms with Crippen LogP contribution in [0.25, 0.3) is 0 Å². The molecule has 0 amide bonds. The van der Waals surface area contributed by atoms with Gasteiger partial charge < -0.3 is 14.9 Å². The molecule has 4 nitrogen and oxygen atoms in total. The number of phenolic OH excluding ortho intramolecular Hbond substituents is 1. The summed E-state index contributed by atoms with van der Waals surface area (Å²) in [5.74, 6) is 6.56. The molecule has 0 aliphatic carbocycles. The molecule has 2 aromatic rings. The third-order valence-electron chi connectivity index (χ3n) is 2.50. The van der Waals surface area contributed by atoms with Gasteiger partial charge in [0.1, 0.15) is 18.1 Å². The monoisotopic (exact) mass is 269 g/mol. The zero-order valence-electron chi connectivity index (χ0n) is 10.9. The van der Waals surface area contributed by atoms with E-state index in [0.29, 0.717) is 18.8 Å². The lowest BCUT2D eigenvalue weighted by Crippen LogP contribution is -1.96. The lowest BCUT2D eigenvalue weighted by atomic mass is 10.2. The molecule has 4 heteroatoms. The maximum absolute atomic E-state index is 9.37. The van der Waals surface area contributed by atoms with Gasteiger partial charge in [-0.15, -0.1) is 0 Å². The molecule has 0 saturated carbocycles. The Kier molecular flexibility index (Phi) is 4.99. The molecule has 0 atom stereocenters. The largest absolute Gasteiger partial charge is 0.508 e. The van der Waals surface area contributed by atoms with Crippen molar-refractivity contribution in [1.82, 2.24) is 4.98 Å². The predicted molar refractivity (Wildman–Crippen MR) is 75.3 cm³/mol. The van der Waals surface area contributed by atoms with Crippen LogP contribution in [0.15, 0.2) is 42.7 Å². The minimum absolute atomic E-state index is 0.0497. The minimum Gasteiger partial charge on any atom is -0.508 e. The second-order valence-electron chi connectivity index (χ2n) is 4.14. The van der Waals surface area contributed by atoms with Crippen LogP contribution in [0, 0.1) is 11.8 Å². The fraction of sp³-hybridized carbons (Fsp3) is 0.188. The summed E-state index contributed by atoms with van der Waals surface area (Å²) in [6, 6.07) is 8.70. The van der Waals surface area contributed by atoms with Crippen LogP contribution in [0.5, 0.6) is 11.5 Å². The first kappa shape index (κ1) is 13.9. The van der Waals surface area contributed by atoms with Gasteiger partial charge in [0.05, 0.1) is 12.8 Å². The zero-order valence-corrected chi connectivity index (χ0v) is 10.9. The number of rotatable bonds is 4. The predicted octanol–water partition coefficient (Wildman–Crippen LogP) is 2.10. The van der Waals surface area contributed by atoms with Gasteiger partial charge in [-0.25, -0.2) is 0 Å². The molecular weight excluding hydrogens is 254 g/mol. The molecule has 102 valence electrons. The van der Waals surface area contributed by atoms with Crippen molar-refractivity contribution in [3.05, 3.63) is 53.9 Å². The van der Waals surface area contributed by atoms with Crippen LogP contribution in [0.4, 0.5) is 0 Å². The zero-order chi connectivity index (χ0) is 14.2. The van der Waals surface area contributed by atoms with Gasteiger partial charge in [-0.2, -0.15) is 0 Å². The standard InChI is InChI=1S/C16H15NO3/c18-7-2-1-4-13-9-16(11-17-10-13)20-12-14-5-3-6-15(19)8-14/h3,5-6,8-11,18-19H,2,7,12H2. The van der Waals surface area contributed by atoms with E-state index in [2.05, 4.69) is 16.8 Å². The SMILES string of the molecule is OCCC#Cc1cncc(OCc2cccc(O)c2)c1. The van der Waals surface area contributed by atoms with Crippen molar-refractivity contribution in [2.75, 3.05) is 6.61 Å². The number of nitrogens with zero attached hydrogens (tertiary/aromatic N) is 1. The average molecular weight is 269 g/mol. The molecule has 0 saturated heterocycles. The maximum atomic E-state index is 9.37. The molecule has 1 aromatic carbocycles. The molecule has 0 aliphatic rings. The van der Waals surface area contributed by atoms with E-state index in [4.69, 9.17) is 9.84 Å². The van der Waals surface area contributed by atoms with Crippen LogP contribution in [-0.4, -0.2) is 21.8 Å². The molecule has 2 N–H and O–H groups in total. The molecular formula is C16H15NO3. The number of aromatic nitrogens is 1. The molecule has 0 unspecified atom stereocenters. The van der Waals surface area contributed by atoms with E-state index >= 15 is 0 Å². The van der Waals surface area contributed by atoms with Gasteiger partial charge in [0.25, 0.3) is 0 Å². The highest BCUT2D eigenvalue weighted by Gasteiger charge is 1.99. The second kappa shape index (κ2) is 7.17. The lowest BCUT2D eigenvalue weighted by Gasteiger charge is -2.06. The molecule has 2 rings (SSSR count). The first-order valence-electron chi connectivity index (χ1n) is 6.23. The number of phenols is 1. The Morgan fingerprint density at radius 1 is 1.20 bits per heavy atom. The van der Waals surface area contributed by atoms with E-state index in [1.54, 1.807) is 36.7 Å². The van der Waals surface area contributed by atoms with Crippen molar-refractivity contribution in [3.8, 4) is 23.3 Å². The number of aliphatic hydroxyl groups is 1. The fourth-order valence-corrected chi connectivity index (χ4v) is 1.60. The highest BCUT2D eigenvalue weighted by atomic mass is 16.5. The first-order valence-corrected chi connectivity index (χ1v) is 6.23. The van der Waals surface area contributed by atoms with Crippen molar-refractivity contribution in [3.63, 3.8) is 0 Å².